The lowest BCUT2D eigenvalue weighted by molar-refractivity contribution is 0.435. The van der Waals surface area contributed by atoms with Crippen molar-refractivity contribution in [3.63, 3.8) is 0 Å². The normalized spacial score (nSPS) is 19.8. The molecule has 1 aromatic rings. The molecular formula is C15H22N4. The summed E-state index contributed by atoms with van der Waals surface area (Å²) >= 11 is 0. The van der Waals surface area contributed by atoms with Crippen LogP contribution in [0.4, 0.5) is 5.95 Å². The summed E-state index contributed by atoms with van der Waals surface area (Å²) in [5.74, 6) is 1.57. The van der Waals surface area contributed by atoms with Gasteiger partial charge in [-0.15, -0.1) is 0 Å². The number of hydrogen-bond acceptors (Lipinski definition) is 4. The van der Waals surface area contributed by atoms with Crippen molar-refractivity contribution in [3.05, 3.63) is 17.5 Å². The highest BCUT2D eigenvalue weighted by Crippen LogP contribution is 2.24. The molecule has 102 valence electrons. The van der Waals surface area contributed by atoms with Crippen molar-refractivity contribution in [2.45, 2.75) is 46.0 Å². The van der Waals surface area contributed by atoms with Gasteiger partial charge in [-0.1, -0.05) is 19.8 Å². The molecular weight excluding hydrogens is 236 g/mol. The van der Waals surface area contributed by atoms with Crippen molar-refractivity contribution < 1.29 is 0 Å². The van der Waals surface area contributed by atoms with Gasteiger partial charge in [-0.2, -0.15) is 5.26 Å². The number of aromatic nitrogens is 2. The molecule has 0 amide bonds. The molecule has 4 heteroatoms. The van der Waals surface area contributed by atoms with Gasteiger partial charge in [0.25, 0.3) is 0 Å². The Hall–Kier alpha value is -1.63. The summed E-state index contributed by atoms with van der Waals surface area (Å²) in [4.78, 5) is 11.1. The SMILES string of the molecule is CCCC1CCCN(c2nc(C)cc(C#N)n2)CC1. The van der Waals surface area contributed by atoms with Gasteiger partial charge < -0.3 is 4.90 Å². The third-order valence-corrected chi connectivity index (χ3v) is 3.78. The molecule has 1 aliphatic rings. The summed E-state index contributed by atoms with van der Waals surface area (Å²) in [5.41, 5.74) is 1.34. The Morgan fingerprint density at radius 3 is 2.95 bits per heavy atom. The van der Waals surface area contributed by atoms with Crippen molar-refractivity contribution >= 4 is 5.95 Å². The molecule has 4 nitrogen and oxygen atoms in total. The summed E-state index contributed by atoms with van der Waals surface area (Å²) in [7, 11) is 0. The smallest absolute Gasteiger partial charge is 0.226 e. The second kappa shape index (κ2) is 6.51. The molecule has 0 aliphatic carbocycles. The lowest BCUT2D eigenvalue weighted by Gasteiger charge is -2.20. The summed E-state index contributed by atoms with van der Waals surface area (Å²) < 4.78 is 0. The maximum atomic E-state index is 8.99. The van der Waals surface area contributed by atoms with Crippen LogP contribution in [-0.4, -0.2) is 23.1 Å². The minimum Gasteiger partial charge on any atom is -0.341 e. The highest BCUT2D eigenvalue weighted by Gasteiger charge is 2.18. The van der Waals surface area contributed by atoms with Crippen LogP contribution in [0, 0.1) is 24.2 Å². The van der Waals surface area contributed by atoms with Gasteiger partial charge in [0.05, 0.1) is 0 Å². The van der Waals surface area contributed by atoms with Crippen LogP contribution in [0.15, 0.2) is 6.07 Å². The first-order valence-corrected chi connectivity index (χ1v) is 7.23. The predicted octanol–water partition coefficient (Wildman–Crippen LogP) is 3.06. The zero-order valence-corrected chi connectivity index (χ0v) is 11.9. The van der Waals surface area contributed by atoms with E-state index in [1.165, 1.54) is 32.1 Å². The van der Waals surface area contributed by atoms with Gasteiger partial charge in [0.1, 0.15) is 11.8 Å². The zero-order chi connectivity index (χ0) is 13.7. The highest BCUT2D eigenvalue weighted by molar-refractivity contribution is 5.36. The Balaban J connectivity index is 2.10. The van der Waals surface area contributed by atoms with E-state index in [2.05, 4.69) is 27.9 Å². The fourth-order valence-corrected chi connectivity index (χ4v) is 2.81. The Kier molecular flexibility index (Phi) is 4.73. The summed E-state index contributed by atoms with van der Waals surface area (Å²) in [6.45, 7) is 6.20. The van der Waals surface area contributed by atoms with Gasteiger partial charge in [0.15, 0.2) is 0 Å². The minimum absolute atomic E-state index is 0.469. The van der Waals surface area contributed by atoms with Crippen LogP contribution in [0.1, 0.15) is 50.4 Å². The molecule has 1 aliphatic heterocycles. The van der Waals surface area contributed by atoms with Gasteiger partial charge in [-0.3, -0.25) is 0 Å². The van der Waals surface area contributed by atoms with Crippen molar-refractivity contribution in [2.75, 3.05) is 18.0 Å². The number of anilines is 1. The van der Waals surface area contributed by atoms with Gasteiger partial charge in [0.2, 0.25) is 5.95 Å². The predicted molar refractivity (Wildman–Crippen MR) is 75.9 cm³/mol. The largest absolute Gasteiger partial charge is 0.341 e. The first-order valence-electron chi connectivity index (χ1n) is 7.23. The minimum atomic E-state index is 0.469. The molecule has 1 unspecified atom stereocenters. The molecule has 1 aromatic heterocycles. The van der Waals surface area contributed by atoms with E-state index in [4.69, 9.17) is 5.26 Å². The van der Waals surface area contributed by atoms with E-state index in [-0.39, 0.29) is 0 Å². The van der Waals surface area contributed by atoms with Crippen LogP contribution in [-0.2, 0) is 0 Å². The summed E-state index contributed by atoms with van der Waals surface area (Å²) in [6.07, 6.45) is 6.31. The van der Waals surface area contributed by atoms with Crippen molar-refractivity contribution in [1.29, 1.82) is 5.26 Å². The molecule has 1 atom stereocenters. The molecule has 0 bridgehead atoms. The van der Waals surface area contributed by atoms with Crippen molar-refractivity contribution in [3.8, 4) is 6.07 Å². The van der Waals surface area contributed by atoms with Crippen LogP contribution in [0.5, 0.6) is 0 Å². The summed E-state index contributed by atoms with van der Waals surface area (Å²) in [6, 6.07) is 3.85. The van der Waals surface area contributed by atoms with Crippen LogP contribution >= 0.6 is 0 Å². The van der Waals surface area contributed by atoms with E-state index in [1.807, 2.05) is 6.92 Å². The van der Waals surface area contributed by atoms with Gasteiger partial charge in [-0.25, -0.2) is 9.97 Å². The average molecular weight is 258 g/mol. The Morgan fingerprint density at radius 2 is 2.21 bits per heavy atom. The molecule has 0 spiro atoms. The molecule has 0 radical (unpaired) electrons. The van der Waals surface area contributed by atoms with E-state index in [1.54, 1.807) is 6.07 Å². The first-order chi connectivity index (χ1) is 9.22. The fourth-order valence-electron chi connectivity index (χ4n) is 2.81. The molecule has 2 heterocycles. The quantitative estimate of drug-likeness (QED) is 0.836. The van der Waals surface area contributed by atoms with Crippen LogP contribution in [0.25, 0.3) is 0 Å². The average Bonchev–Trinajstić information content (AvgIpc) is 2.64. The highest BCUT2D eigenvalue weighted by atomic mass is 15.2. The van der Waals surface area contributed by atoms with Gasteiger partial charge >= 0.3 is 0 Å². The van der Waals surface area contributed by atoms with E-state index in [0.717, 1.165) is 30.6 Å². The van der Waals surface area contributed by atoms with Crippen molar-refractivity contribution in [2.24, 2.45) is 5.92 Å². The molecule has 0 saturated carbocycles. The Bertz CT molecular complexity index is 464. The van der Waals surface area contributed by atoms with Crippen molar-refractivity contribution in [1.82, 2.24) is 9.97 Å². The van der Waals surface area contributed by atoms with E-state index < -0.39 is 0 Å². The Labute approximate surface area is 115 Å². The summed E-state index contributed by atoms with van der Waals surface area (Å²) in [5, 5.41) is 8.99. The zero-order valence-electron chi connectivity index (χ0n) is 11.9. The third kappa shape index (κ3) is 3.66. The second-order valence-electron chi connectivity index (χ2n) is 5.38. The maximum Gasteiger partial charge on any atom is 0.226 e. The number of nitriles is 1. The van der Waals surface area contributed by atoms with Gasteiger partial charge in [-0.05, 0) is 38.2 Å². The van der Waals surface area contributed by atoms with Crippen LogP contribution < -0.4 is 4.90 Å². The standard InChI is InChI=1S/C15H22N4/c1-3-5-13-6-4-8-19(9-7-13)15-17-12(2)10-14(11-16)18-15/h10,13H,3-9H2,1-2H3. The topological polar surface area (TPSA) is 52.8 Å². The number of aryl methyl sites for hydroxylation is 1. The molecule has 19 heavy (non-hydrogen) atoms. The third-order valence-electron chi connectivity index (χ3n) is 3.78. The molecule has 1 saturated heterocycles. The van der Waals surface area contributed by atoms with Crippen LogP contribution in [0.2, 0.25) is 0 Å². The molecule has 1 fully saturated rings. The fraction of sp³-hybridized carbons (Fsp3) is 0.667. The van der Waals surface area contributed by atoms with E-state index in [9.17, 15) is 0 Å². The van der Waals surface area contributed by atoms with E-state index >= 15 is 0 Å². The molecule has 0 aromatic carbocycles. The number of nitrogens with zero attached hydrogens (tertiary/aromatic N) is 4. The van der Waals surface area contributed by atoms with E-state index in [0.29, 0.717) is 5.69 Å². The lowest BCUT2D eigenvalue weighted by Crippen LogP contribution is -2.26. The monoisotopic (exact) mass is 258 g/mol. The lowest BCUT2D eigenvalue weighted by atomic mass is 9.96. The van der Waals surface area contributed by atoms with Gasteiger partial charge in [0, 0.05) is 18.8 Å². The molecule has 0 N–H and O–H groups in total. The van der Waals surface area contributed by atoms with Crippen LogP contribution in [0.3, 0.4) is 0 Å². The Morgan fingerprint density at radius 1 is 1.37 bits per heavy atom. The maximum absolute atomic E-state index is 8.99. The first kappa shape index (κ1) is 13.8. The molecule has 2 rings (SSSR count). The number of hydrogen-bond donors (Lipinski definition) is 0. The second-order valence-corrected chi connectivity index (χ2v) is 5.38. The number of rotatable bonds is 3.